The number of nitrogens with zero attached hydrogens (tertiary/aromatic N) is 1. The first-order chi connectivity index (χ1) is 12.2. The minimum Gasteiger partial charge on any atom is -0.388 e. The van der Waals surface area contributed by atoms with Gasteiger partial charge in [-0.2, -0.15) is 0 Å². The van der Waals surface area contributed by atoms with Gasteiger partial charge in [-0.25, -0.2) is 0 Å². The third-order valence-corrected chi connectivity index (χ3v) is 4.33. The van der Waals surface area contributed by atoms with E-state index in [1.807, 2.05) is 72.9 Å². The Morgan fingerprint density at radius 3 is 2.04 bits per heavy atom. The lowest BCUT2D eigenvalue weighted by Gasteiger charge is -2.25. The maximum Gasteiger partial charge on any atom is 0.0804 e. The van der Waals surface area contributed by atoms with Crippen molar-refractivity contribution in [2.24, 2.45) is 0 Å². The molecule has 25 heavy (non-hydrogen) atoms. The quantitative estimate of drug-likeness (QED) is 0.679. The molecule has 0 bridgehead atoms. The van der Waals surface area contributed by atoms with Crippen molar-refractivity contribution >= 4 is 0 Å². The van der Waals surface area contributed by atoms with Gasteiger partial charge in [0.25, 0.3) is 0 Å². The van der Waals surface area contributed by atoms with E-state index in [2.05, 4.69) is 29.4 Å². The molecule has 3 unspecified atom stereocenters. The second kappa shape index (κ2) is 8.56. The van der Waals surface area contributed by atoms with Gasteiger partial charge < -0.3 is 10.4 Å². The van der Waals surface area contributed by atoms with Crippen LogP contribution in [-0.2, 0) is 0 Å². The lowest BCUT2D eigenvalue weighted by molar-refractivity contribution is 0.152. The van der Waals surface area contributed by atoms with Crippen molar-refractivity contribution in [3.8, 4) is 0 Å². The normalized spacial score (nSPS) is 14.6. The molecule has 0 radical (unpaired) electrons. The van der Waals surface area contributed by atoms with Gasteiger partial charge in [-0.1, -0.05) is 66.7 Å². The summed E-state index contributed by atoms with van der Waals surface area (Å²) in [6.45, 7) is 2.10. The molecule has 0 aliphatic heterocycles. The first kappa shape index (κ1) is 17.3. The minimum absolute atomic E-state index is 0.000346. The van der Waals surface area contributed by atoms with Crippen LogP contribution >= 0.6 is 0 Å². The predicted molar refractivity (Wildman–Crippen MR) is 101 cm³/mol. The summed E-state index contributed by atoms with van der Waals surface area (Å²) in [6, 6.07) is 26.2. The molecule has 2 aromatic carbocycles. The molecule has 3 nitrogen and oxygen atoms in total. The standard InChI is InChI=1S/C22H24N2O/c1-17(16-21(25)18-10-4-2-5-11-18)24-22(19-12-6-3-7-13-19)20-14-8-9-15-23-20/h2-15,17,21-22,24-25H,16H2,1H3. The van der Waals surface area contributed by atoms with Gasteiger partial charge in [0.05, 0.1) is 17.8 Å². The number of aromatic nitrogens is 1. The molecule has 0 aliphatic rings. The summed E-state index contributed by atoms with van der Waals surface area (Å²) in [5, 5.41) is 14.1. The van der Waals surface area contributed by atoms with Crippen molar-refractivity contribution in [2.45, 2.75) is 31.5 Å². The van der Waals surface area contributed by atoms with Crippen molar-refractivity contribution < 1.29 is 5.11 Å². The van der Waals surface area contributed by atoms with E-state index in [0.29, 0.717) is 6.42 Å². The number of aliphatic hydroxyl groups excluding tert-OH is 1. The zero-order chi connectivity index (χ0) is 17.5. The van der Waals surface area contributed by atoms with Crippen LogP contribution in [0.4, 0.5) is 0 Å². The van der Waals surface area contributed by atoms with Crippen molar-refractivity contribution in [3.05, 3.63) is 102 Å². The topological polar surface area (TPSA) is 45.1 Å². The number of hydrogen-bond donors (Lipinski definition) is 2. The monoisotopic (exact) mass is 332 g/mol. The molecule has 0 saturated carbocycles. The van der Waals surface area contributed by atoms with Gasteiger partial charge >= 0.3 is 0 Å². The van der Waals surface area contributed by atoms with E-state index in [4.69, 9.17) is 0 Å². The molecule has 0 spiro atoms. The Bertz CT molecular complexity index is 707. The number of hydrogen-bond acceptors (Lipinski definition) is 3. The van der Waals surface area contributed by atoms with E-state index < -0.39 is 6.10 Å². The van der Waals surface area contributed by atoms with Crippen LogP contribution in [0.25, 0.3) is 0 Å². The molecule has 3 aromatic rings. The predicted octanol–water partition coefficient (Wildman–Crippen LogP) is 4.27. The van der Waals surface area contributed by atoms with Crippen LogP contribution in [0.2, 0.25) is 0 Å². The summed E-state index contributed by atoms with van der Waals surface area (Å²) >= 11 is 0. The number of aliphatic hydroxyl groups is 1. The molecule has 0 fully saturated rings. The van der Waals surface area contributed by atoms with Gasteiger partial charge in [-0.15, -0.1) is 0 Å². The highest BCUT2D eigenvalue weighted by atomic mass is 16.3. The average Bonchev–Trinajstić information content (AvgIpc) is 2.68. The maximum atomic E-state index is 10.5. The summed E-state index contributed by atoms with van der Waals surface area (Å²) in [5.41, 5.74) is 3.10. The second-order valence-electron chi connectivity index (χ2n) is 6.33. The van der Waals surface area contributed by atoms with Gasteiger partial charge in [0.15, 0.2) is 0 Å². The molecule has 3 heteroatoms. The van der Waals surface area contributed by atoms with Crippen molar-refractivity contribution in [3.63, 3.8) is 0 Å². The fourth-order valence-electron chi connectivity index (χ4n) is 3.04. The Balaban J connectivity index is 1.74. The molecule has 0 amide bonds. The van der Waals surface area contributed by atoms with Crippen molar-refractivity contribution in [1.29, 1.82) is 0 Å². The molecule has 2 N–H and O–H groups in total. The highest BCUT2D eigenvalue weighted by molar-refractivity contribution is 5.27. The zero-order valence-corrected chi connectivity index (χ0v) is 14.4. The maximum absolute atomic E-state index is 10.5. The molecule has 0 aliphatic carbocycles. The molecule has 1 aromatic heterocycles. The van der Waals surface area contributed by atoms with Crippen LogP contribution in [0.15, 0.2) is 85.1 Å². The Morgan fingerprint density at radius 1 is 0.840 bits per heavy atom. The van der Waals surface area contributed by atoms with Gasteiger partial charge in [-0.05, 0) is 36.6 Å². The van der Waals surface area contributed by atoms with Crippen LogP contribution in [0.5, 0.6) is 0 Å². The Morgan fingerprint density at radius 2 is 1.44 bits per heavy atom. The SMILES string of the molecule is CC(CC(O)c1ccccc1)NC(c1ccccc1)c1ccccn1. The van der Waals surface area contributed by atoms with Crippen LogP contribution in [0.1, 0.15) is 42.3 Å². The fourth-order valence-corrected chi connectivity index (χ4v) is 3.04. The second-order valence-corrected chi connectivity index (χ2v) is 6.33. The number of pyridine rings is 1. The van der Waals surface area contributed by atoms with Crippen LogP contribution in [0.3, 0.4) is 0 Å². The molecule has 1 heterocycles. The van der Waals surface area contributed by atoms with E-state index in [1.165, 1.54) is 5.56 Å². The van der Waals surface area contributed by atoms with Crippen LogP contribution in [-0.4, -0.2) is 16.1 Å². The molecular formula is C22H24N2O. The zero-order valence-electron chi connectivity index (χ0n) is 14.4. The number of nitrogens with one attached hydrogen (secondary N) is 1. The van der Waals surface area contributed by atoms with Gasteiger partial charge in [0, 0.05) is 12.2 Å². The van der Waals surface area contributed by atoms with E-state index >= 15 is 0 Å². The molecule has 3 atom stereocenters. The number of benzene rings is 2. The van der Waals surface area contributed by atoms with E-state index in [1.54, 1.807) is 0 Å². The van der Waals surface area contributed by atoms with E-state index in [9.17, 15) is 5.11 Å². The summed E-state index contributed by atoms with van der Waals surface area (Å²) in [5.74, 6) is 0. The molecule has 128 valence electrons. The Hall–Kier alpha value is -2.49. The minimum atomic E-state index is -0.483. The summed E-state index contributed by atoms with van der Waals surface area (Å²) in [6.07, 6.45) is 1.97. The van der Waals surface area contributed by atoms with Crippen molar-refractivity contribution in [2.75, 3.05) is 0 Å². The Kier molecular flexibility index (Phi) is 5.94. The average molecular weight is 332 g/mol. The summed E-state index contributed by atoms with van der Waals surface area (Å²) in [4.78, 5) is 4.52. The van der Waals surface area contributed by atoms with Crippen LogP contribution in [0, 0.1) is 0 Å². The molecular weight excluding hydrogens is 308 g/mol. The van der Waals surface area contributed by atoms with E-state index in [-0.39, 0.29) is 12.1 Å². The highest BCUT2D eigenvalue weighted by Gasteiger charge is 2.19. The lowest BCUT2D eigenvalue weighted by atomic mass is 9.99. The first-order valence-electron chi connectivity index (χ1n) is 8.69. The first-order valence-corrected chi connectivity index (χ1v) is 8.69. The largest absolute Gasteiger partial charge is 0.388 e. The Labute approximate surface area is 149 Å². The summed E-state index contributed by atoms with van der Waals surface area (Å²) < 4.78 is 0. The van der Waals surface area contributed by atoms with Crippen LogP contribution < -0.4 is 5.32 Å². The third-order valence-electron chi connectivity index (χ3n) is 4.33. The highest BCUT2D eigenvalue weighted by Crippen LogP contribution is 2.23. The summed E-state index contributed by atoms with van der Waals surface area (Å²) in [7, 11) is 0. The van der Waals surface area contributed by atoms with Gasteiger partial charge in [0.2, 0.25) is 0 Å². The lowest BCUT2D eigenvalue weighted by Crippen LogP contribution is -2.33. The van der Waals surface area contributed by atoms with Crippen molar-refractivity contribution in [1.82, 2.24) is 10.3 Å². The third kappa shape index (κ3) is 4.75. The van der Waals surface area contributed by atoms with E-state index in [0.717, 1.165) is 11.3 Å². The molecule has 0 saturated heterocycles. The van der Waals surface area contributed by atoms with Gasteiger partial charge in [0.1, 0.15) is 0 Å². The number of rotatable bonds is 7. The van der Waals surface area contributed by atoms with Gasteiger partial charge in [-0.3, -0.25) is 4.98 Å². The fraction of sp³-hybridized carbons (Fsp3) is 0.227. The molecule has 3 rings (SSSR count). The smallest absolute Gasteiger partial charge is 0.0804 e.